The van der Waals surface area contributed by atoms with Crippen LogP contribution in [0, 0.1) is 5.82 Å². The van der Waals surface area contributed by atoms with Crippen molar-refractivity contribution in [2.45, 2.75) is 38.8 Å². The minimum atomic E-state index is -0.377. The van der Waals surface area contributed by atoms with E-state index in [0.29, 0.717) is 17.3 Å². The highest BCUT2D eigenvalue weighted by Gasteiger charge is 2.32. The molecule has 8 nitrogen and oxygen atoms in total. The Labute approximate surface area is 218 Å². The van der Waals surface area contributed by atoms with E-state index in [1.54, 1.807) is 6.07 Å². The van der Waals surface area contributed by atoms with Crippen molar-refractivity contribution in [3.05, 3.63) is 54.0 Å². The molecule has 5 heterocycles. The van der Waals surface area contributed by atoms with Gasteiger partial charge in [-0.3, -0.25) is 4.90 Å². The lowest BCUT2D eigenvalue weighted by Gasteiger charge is -2.32. The number of likely N-dealkylation sites (N-methyl/N-ethyl adjacent to an activating group) is 1. The largest absolute Gasteiger partial charge is 0.322 e. The van der Waals surface area contributed by atoms with Crippen LogP contribution in [-0.2, 0) is 18.5 Å². The highest BCUT2D eigenvalue weighted by molar-refractivity contribution is 7.28. The number of piperazine rings is 1. The Hall–Kier alpha value is -3.00. The van der Waals surface area contributed by atoms with Gasteiger partial charge in [0.2, 0.25) is 5.95 Å². The molecule has 0 amide bonds. The Morgan fingerprint density at radius 3 is 2.54 bits per heavy atom. The van der Waals surface area contributed by atoms with Gasteiger partial charge in [0.25, 0.3) is 0 Å². The molecule has 0 aliphatic carbocycles. The number of rotatable bonds is 5. The maximum Gasteiger partial charge on any atom is 0.228 e. The molecule has 6 rings (SSSR count). The summed E-state index contributed by atoms with van der Waals surface area (Å²) in [6.07, 6.45) is 6.93. The molecule has 2 aliphatic heterocycles. The fourth-order valence-electron chi connectivity index (χ4n) is 5.39. The molecule has 192 valence electrons. The fourth-order valence-corrected chi connectivity index (χ4v) is 5.78. The number of anilines is 2. The van der Waals surface area contributed by atoms with Crippen LogP contribution in [0.5, 0.6) is 0 Å². The van der Waals surface area contributed by atoms with Crippen molar-refractivity contribution in [2.75, 3.05) is 38.5 Å². The maximum absolute atomic E-state index is 15.0. The number of benzene rings is 1. The second-order valence-electron chi connectivity index (χ2n) is 10.8. The van der Waals surface area contributed by atoms with E-state index in [1.165, 1.54) is 6.20 Å². The van der Waals surface area contributed by atoms with Crippen LogP contribution in [0.25, 0.3) is 22.2 Å². The van der Waals surface area contributed by atoms with E-state index in [0.717, 1.165) is 78.9 Å². The molecule has 1 saturated heterocycles. The van der Waals surface area contributed by atoms with Crippen LogP contribution >= 0.6 is 9.24 Å². The van der Waals surface area contributed by atoms with Gasteiger partial charge in [0.1, 0.15) is 17.5 Å². The second-order valence-corrected chi connectivity index (χ2v) is 11.4. The summed E-state index contributed by atoms with van der Waals surface area (Å²) in [5.41, 5.74) is 4.30. The average molecular weight is 519 g/mol. The van der Waals surface area contributed by atoms with Gasteiger partial charge in [-0.2, -0.15) is 0 Å². The number of pyridine rings is 1. The molecule has 0 saturated carbocycles. The van der Waals surface area contributed by atoms with Crippen molar-refractivity contribution in [1.29, 1.82) is 0 Å². The zero-order chi connectivity index (χ0) is 25.7. The Balaban J connectivity index is 1.25. The summed E-state index contributed by atoms with van der Waals surface area (Å²) in [7, 11) is 4.92. The molecule has 37 heavy (non-hydrogen) atoms. The predicted octanol–water partition coefficient (Wildman–Crippen LogP) is 3.70. The van der Waals surface area contributed by atoms with E-state index in [4.69, 9.17) is 4.98 Å². The van der Waals surface area contributed by atoms with Gasteiger partial charge in [-0.1, -0.05) is 0 Å². The van der Waals surface area contributed by atoms with Crippen molar-refractivity contribution in [1.82, 2.24) is 34.3 Å². The Morgan fingerprint density at radius 1 is 1.03 bits per heavy atom. The van der Waals surface area contributed by atoms with Crippen LogP contribution in [0.4, 0.5) is 16.2 Å². The van der Waals surface area contributed by atoms with Crippen LogP contribution in [0.1, 0.15) is 31.7 Å². The molecule has 1 N–H and O–H groups in total. The van der Waals surface area contributed by atoms with E-state index in [-0.39, 0.29) is 11.4 Å². The molecule has 1 atom stereocenters. The van der Waals surface area contributed by atoms with Crippen molar-refractivity contribution in [3.63, 3.8) is 0 Å². The minimum absolute atomic E-state index is 0.0167. The average Bonchev–Trinajstić information content (AvgIpc) is 3.40. The normalized spacial score (nSPS) is 17.9. The summed E-state index contributed by atoms with van der Waals surface area (Å²) in [6, 6.07) is 5.72. The molecule has 0 radical (unpaired) electrons. The number of nitrogens with zero attached hydrogens (tertiary/aromatic N) is 7. The van der Waals surface area contributed by atoms with E-state index in [9.17, 15) is 0 Å². The van der Waals surface area contributed by atoms with Crippen molar-refractivity contribution in [2.24, 2.45) is 0 Å². The van der Waals surface area contributed by atoms with Gasteiger partial charge in [0.05, 0.1) is 17.2 Å². The number of halogens is 1. The first kappa shape index (κ1) is 24.3. The molecule has 4 aromatic rings. The minimum Gasteiger partial charge on any atom is -0.322 e. The monoisotopic (exact) mass is 518 g/mol. The molecule has 10 heteroatoms. The topological polar surface area (TPSA) is 75.0 Å². The molecule has 1 aromatic carbocycles. The van der Waals surface area contributed by atoms with Crippen molar-refractivity contribution in [3.8, 4) is 11.1 Å². The number of hydrogen-bond acceptors (Lipinski definition) is 7. The van der Waals surface area contributed by atoms with Gasteiger partial charge in [-0.05, 0) is 56.4 Å². The van der Waals surface area contributed by atoms with Crippen LogP contribution in [0.3, 0.4) is 0 Å². The number of aromatic nitrogens is 5. The third-order valence-electron chi connectivity index (χ3n) is 7.54. The molecular formula is C27H32FN8P. The number of imidazole rings is 1. The zero-order valence-electron chi connectivity index (χ0n) is 21.5. The van der Waals surface area contributed by atoms with E-state index in [1.807, 2.05) is 24.5 Å². The van der Waals surface area contributed by atoms with Crippen LogP contribution < -0.4 is 10.6 Å². The maximum atomic E-state index is 15.0. The third kappa shape index (κ3) is 4.72. The van der Waals surface area contributed by atoms with Gasteiger partial charge in [0, 0.05) is 68.2 Å². The molecule has 2 aliphatic rings. The summed E-state index contributed by atoms with van der Waals surface area (Å²) < 4.78 is 17.3. The Kier molecular flexibility index (Phi) is 6.18. The smallest absolute Gasteiger partial charge is 0.228 e. The van der Waals surface area contributed by atoms with Gasteiger partial charge in [0.15, 0.2) is 0 Å². The van der Waals surface area contributed by atoms with Crippen LogP contribution in [0.2, 0.25) is 0 Å². The summed E-state index contributed by atoms with van der Waals surface area (Å²) in [5, 5.41) is 4.09. The first-order chi connectivity index (χ1) is 17.8. The van der Waals surface area contributed by atoms with E-state index >= 15 is 4.39 Å². The van der Waals surface area contributed by atoms with Crippen molar-refractivity contribution >= 4 is 37.3 Å². The summed E-state index contributed by atoms with van der Waals surface area (Å²) in [5.74, 6) is 1.64. The molecular weight excluding hydrogens is 486 g/mol. The Morgan fingerprint density at radius 2 is 1.78 bits per heavy atom. The van der Waals surface area contributed by atoms with Gasteiger partial charge in [-0.15, -0.1) is 9.24 Å². The zero-order valence-corrected chi connectivity index (χ0v) is 22.7. The predicted molar refractivity (Wildman–Crippen MR) is 148 cm³/mol. The first-order valence-corrected chi connectivity index (χ1v) is 13.3. The summed E-state index contributed by atoms with van der Waals surface area (Å²) in [6.45, 7) is 9.53. The van der Waals surface area contributed by atoms with Crippen LogP contribution in [-0.4, -0.2) is 67.5 Å². The standard InChI is InChI=1S/C27H32FN8P/c1-27(2)5-4-24-33-25-21(36(24)27)10-18(11-22(25)37)19-12-23(29-15-20(19)28)32-26-30-13-17(14-31-26)16-35-8-6-34(3)7-9-35/h10-15H,4-9,16,37H2,1-3H3,(H,29,30,31,32). The third-order valence-corrected chi connectivity index (χ3v) is 7.98. The van der Waals surface area contributed by atoms with Crippen molar-refractivity contribution < 1.29 is 4.39 Å². The molecule has 3 aromatic heterocycles. The van der Waals surface area contributed by atoms with E-state index in [2.05, 4.69) is 64.8 Å². The molecule has 1 fully saturated rings. The lowest BCUT2D eigenvalue weighted by molar-refractivity contribution is 0.148. The number of hydrogen-bond donors (Lipinski definition) is 1. The SMILES string of the molecule is CN1CCN(Cc2cnc(Nc3cc(-c4cc(P)c5nc6n(c5c4)C(C)(C)CC6)c(F)cn3)nc2)CC1. The lowest BCUT2D eigenvalue weighted by atomic mass is 10.0. The summed E-state index contributed by atoms with van der Waals surface area (Å²) in [4.78, 5) is 22.8. The van der Waals surface area contributed by atoms with Gasteiger partial charge in [-0.25, -0.2) is 24.3 Å². The second kappa shape index (κ2) is 9.39. The lowest BCUT2D eigenvalue weighted by Crippen LogP contribution is -2.43. The fraction of sp³-hybridized carbons (Fsp3) is 0.407. The molecule has 0 bridgehead atoms. The van der Waals surface area contributed by atoms with E-state index < -0.39 is 0 Å². The van der Waals surface area contributed by atoms with Crippen LogP contribution in [0.15, 0.2) is 36.8 Å². The molecule has 1 unspecified atom stereocenters. The number of fused-ring (bicyclic) bond motifs is 3. The molecule has 0 spiro atoms. The van der Waals surface area contributed by atoms with Gasteiger partial charge < -0.3 is 14.8 Å². The van der Waals surface area contributed by atoms with Gasteiger partial charge >= 0.3 is 0 Å². The highest BCUT2D eigenvalue weighted by Crippen LogP contribution is 2.37. The number of aryl methyl sites for hydroxylation is 1. The quantitative estimate of drug-likeness (QED) is 0.404. The first-order valence-electron chi connectivity index (χ1n) is 12.7. The Bertz CT molecular complexity index is 1460. The highest BCUT2D eigenvalue weighted by atomic mass is 31.0. The summed E-state index contributed by atoms with van der Waals surface area (Å²) >= 11 is 0. The number of nitrogens with one attached hydrogen (secondary N) is 1.